The Balaban J connectivity index is 1.83. The molecule has 1 amide bonds. The Bertz CT molecular complexity index is 317. The molecule has 0 saturated carbocycles. The van der Waals surface area contributed by atoms with Gasteiger partial charge >= 0.3 is 0 Å². The standard InChI is InChI=1S/C15H28N2O2/c1-15(2,3)11-6-8-17(9-7-11)14(18)13-5-4-12(10-16)19-13/h11-13H,4-10,16H2,1-3H3/t12-,13+/m1/s1. The lowest BCUT2D eigenvalue weighted by Crippen LogP contribution is -2.45. The van der Waals surface area contributed by atoms with Gasteiger partial charge in [-0.05, 0) is 37.0 Å². The molecule has 2 N–H and O–H groups in total. The molecule has 0 spiro atoms. The van der Waals surface area contributed by atoms with Gasteiger partial charge in [0.2, 0.25) is 0 Å². The molecular weight excluding hydrogens is 240 g/mol. The Morgan fingerprint density at radius 3 is 2.32 bits per heavy atom. The highest BCUT2D eigenvalue weighted by Crippen LogP contribution is 2.34. The fourth-order valence-electron chi connectivity index (χ4n) is 3.23. The monoisotopic (exact) mass is 268 g/mol. The van der Waals surface area contributed by atoms with Crippen LogP contribution in [-0.4, -0.2) is 42.6 Å². The molecule has 0 aromatic rings. The Hall–Kier alpha value is -0.610. The molecule has 110 valence electrons. The van der Waals surface area contributed by atoms with E-state index in [4.69, 9.17) is 10.5 Å². The van der Waals surface area contributed by atoms with Crippen LogP contribution in [0, 0.1) is 11.3 Å². The number of piperidine rings is 1. The summed E-state index contributed by atoms with van der Waals surface area (Å²) in [6, 6.07) is 0. The zero-order chi connectivity index (χ0) is 14.0. The van der Waals surface area contributed by atoms with Gasteiger partial charge in [-0.25, -0.2) is 0 Å². The highest BCUT2D eigenvalue weighted by atomic mass is 16.5. The maximum Gasteiger partial charge on any atom is 0.251 e. The molecule has 0 aromatic carbocycles. The van der Waals surface area contributed by atoms with Gasteiger partial charge in [-0.15, -0.1) is 0 Å². The summed E-state index contributed by atoms with van der Waals surface area (Å²) in [6.07, 6.45) is 3.83. The van der Waals surface area contributed by atoms with E-state index in [0.717, 1.165) is 44.7 Å². The maximum atomic E-state index is 12.4. The van der Waals surface area contributed by atoms with Gasteiger partial charge in [0.15, 0.2) is 0 Å². The van der Waals surface area contributed by atoms with Crippen molar-refractivity contribution in [2.45, 2.75) is 58.7 Å². The highest BCUT2D eigenvalue weighted by Gasteiger charge is 2.36. The Kier molecular flexibility index (Phi) is 4.51. The molecule has 0 unspecified atom stereocenters. The first-order valence-corrected chi connectivity index (χ1v) is 7.56. The summed E-state index contributed by atoms with van der Waals surface area (Å²) >= 11 is 0. The van der Waals surface area contributed by atoms with Gasteiger partial charge in [0.25, 0.3) is 5.91 Å². The Morgan fingerprint density at radius 1 is 1.21 bits per heavy atom. The van der Waals surface area contributed by atoms with Gasteiger partial charge in [0.05, 0.1) is 6.10 Å². The normalized spacial score (nSPS) is 29.8. The van der Waals surface area contributed by atoms with Crippen LogP contribution in [0.5, 0.6) is 0 Å². The van der Waals surface area contributed by atoms with Crippen molar-refractivity contribution < 1.29 is 9.53 Å². The van der Waals surface area contributed by atoms with Gasteiger partial charge in [-0.2, -0.15) is 0 Å². The lowest BCUT2D eigenvalue weighted by Gasteiger charge is -2.39. The van der Waals surface area contributed by atoms with Crippen LogP contribution >= 0.6 is 0 Å². The predicted molar refractivity (Wildman–Crippen MR) is 75.7 cm³/mol. The number of nitrogens with two attached hydrogens (primary N) is 1. The highest BCUT2D eigenvalue weighted by molar-refractivity contribution is 5.81. The number of rotatable bonds is 2. The molecule has 19 heavy (non-hydrogen) atoms. The van der Waals surface area contributed by atoms with Crippen molar-refractivity contribution in [2.24, 2.45) is 17.1 Å². The summed E-state index contributed by atoms with van der Waals surface area (Å²) in [4.78, 5) is 14.4. The van der Waals surface area contributed by atoms with E-state index in [0.29, 0.717) is 12.0 Å². The number of nitrogens with zero attached hydrogens (tertiary/aromatic N) is 1. The molecular formula is C15H28N2O2. The Labute approximate surface area is 116 Å². The first-order chi connectivity index (χ1) is 8.91. The van der Waals surface area contributed by atoms with E-state index in [1.165, 1.54) is 0 Å². The van der Waals surface area contributed by atoms with Crippen LogP contribution in [0.15, 0.2) is 0 Å². The second-order valence-electron chi connectivity index (χ2n) is 7.03. The first kappa shape index (κ1) is 14.8. The van der Waals surface area contributed by atoms with E-state index in [1.54, 1.807) is 0 Å². The average molecular weight is 268 g/mol. The summed E-state index contributed by atoms with van der Waals surface area (Å²) in [6.45, 7) is 9.17. The molecule has 2 heterocycles. The van der Waals surface area contributed by atoms with Crippen LogP contribution in [0.2, 0.25) is 0 Å². The Morgan fingerprint density at radius 2 is 1.84 bits per heavy atom. The van der Waals surface area contributed by atoms with Crippen molar-refractivity contribution in [1.82, 2.24) is 4.90 Å². The number of hydrogen-bond donors (Lipinski definition) is 1. The lowest BCUT2D eigenvalue weighted by molar-refractivity contribution is -0.144. The lowest BCUT2D eigenvalue weighted by atomic mass is 9.75. The van der Waals surface area contributed by atoms with Crippen LogP contribution < -0.4 is 5.73 Å². The van der Waals surface area contributed by atoms with Crippen LogP contribution in [0.4, 0.5) is 0 Å². The SMILES string of the molecule is CC(C)(C)C1CCN(C(=O)[C@@H]2CC[C@H](CN)O2)CC1. The van der Waals surface area contributed by atoms with Crippen molar-refractivity contribution in [1.29, 1.82) is 0 Å². The molecule has 2 aliphatic heterocycles. The van der Waals surface area contributed by atoms with E-state index >= 15 is 0 Å². The van der Waals surface area contributed by atoms with Crippen LogP contribution in [0.3, 0.4) is 0 Å². The molecule has 2 aliphatic rings. The largest absolute Gasteiger partial charge is 0.364 e. The third-order valence-electron chi connectivity index (χ3n) is 4.68. The van der Waals surface area contributed by atoms with Gasteiger partial charge in [0.1, 0.15) is 6.10 Å². The van der Waals surface area contributed by atoms with Crippen LogP contribution in [0.25, 0.3) is 0 Å². The number of amides is 1. The molecule has 2 fully saturated rings. The summed E-state index contributed by atoms with van der Waals surface area (Å²) in [7, 11) is 0. The minimum Gasteiger partial charge on any atom is -0.364 e. The van der Waals surface area contributed by atoms with Crippen LogP contribution in [0.1, 0.15) is 46.5 Å². The van der Waals surface area contributed by atoms with E-state index in [-0.39, 0.29) is 18.1 Å². The summed E-state index contributed by atoms with van der Waals surface area (Å²) < 4.78 is 5.70. The zero-order valence-electron chi connectivity index (χ0n) is 12.5. The fourth-order valence-corrected chi connectivity index (χ4v) is 3.23. The topological polar surface area (TPSA) is 55.6 Å². The molecule has 2 saturated heterocycles. The van der Waals surface area contributed by atoms with Gasteiger partial charge in [-0.3, -0.25) is 4.79 Å². The molecule has 4 heteroatoms. The number of likely N-dealkylation sites (tertiary alicyclic amines) is 1. The van der Waals surface area contributed by atoms with E-state index in [2.05, 4.69) is 20.8 Å². The van der Waals surface area contributed by atoms with E-state index < -0.39 is 0 Å². The number of carbonyl (C=O) groups is 1. The molecule has 0 bridgehead atoms. The maximum absolute atomic E-state index is 12.4. The van der Waals surface area contributed by atoms with Crippen LogP contribution in [-0.2, 0) is 9.53 Å². The third kappa shape index (κ3) is 3.48. The second kappa shape index (κ2) is 5.80. The predicted octanol–water partition coefficient (Wildman–Crippen LogP) is 1.78. The molecule has 0 aliphatic carbocycles. The van der Waals surface area contributed by atoms with E-state index in [1.807, 2.05) is 4.90 Å². The second-order valence-corrected chi connectivity index (χ2v) is 7.03. The minimum absolute atomic E-state index is 0.0843. The number of hydrogen-bond acceptors (Lipinski definition) is 3. The van der Waals surface area contributed by atoms with Crippen molar-refractivity contribution in [2.75, 3.05) is 19.6 Å². The third-order valence-corrected chi connectivity index (χ3v) is 4.68. The van der Waals surface area contributed by atoms with Crippen molar-refractivity contribution >= 4 is 5.91 Å². The average Bonchev–Trinajstić information content (AvgIpc) is 2.86. The van der Waals surface area contributed by atoms with Crippen molar-refractivity contribution in [3.63, 3.8) is 0 Å². The minimum atomic E-state index is -0.236. The quantitative estimate of drug-likeness (QED) is 0.830. The number of ether oxygens (including phenoxy) is 1. The fraction of sp³-hybridized carbons (Fsp3) is 0.933. The molecule has 2 rings (SSSR count). The first-order valence-electron chi connectivity index (χ1n) is 7.56. The summed E-state index contributed by atoms with van der Waals surface area (Å²) in [5.74, 6) is 0.904. The van der Waals surface area contributed by atoms with E-state index in [9.17, 15) is 4.79 Å². The van der Waals surface area contributed by atoms with Gasteiger partial charge in [0, 0.05) is 19.6 Å². The van der Waals surface area contributed by atoms with Gasteiger partial charge in [-0.1, -0.05) is 20.8 Å². The molecule has 2 atom stereocenters. The van der Waals surface area contributed by atoms with Crippen molar-refractivity contribution in [3.8, 4) is 0 Å². The van der Waals surface area contributed by atoms with Gasteiger partial charge < -0.3 is 15.4 Å². The molecule has 0 radical (unpaired) electrons. The summed E-state index contributed by atoms with van der Waals surface area (Å²) in [5, 5.41) is 0. The molecule has 0 aromatic heterocycles. The molecule has 4 nitrogen and oxygen atoms in total. The number of carbonyl (C=O) groups excluding carboxylic acids is 1. The van der Waals surface area contributed by atoms with Crippen molar-refractivity contribution in [3.05, 3.63) is 0 Å². The zero-order valence-corrected chi connectivity index (χ0v) is 12.5. The smallest absolute Gasteiger partial charge is 0.251 e. The summed E-state index contributed by atoms with van der Waals surface area (Å²) in [5.41, 5.74) is 5.94.